The van der Waals surface area contributed by atoms with Gasteiger partial charge in [0.25, 0.3) is 0 Å². The van der Waals surface area contributed by atoms with Crippen LogP contribution >= 0.6 is 0 Å². The summed E-state index contributed by atoms with van der Waals surface area (Å²) in [5, 5.41) is 0. The minimum atomic E-state index is -0.420. The topological polar surface area (TPSA) is 26.3 Å². The first kappa shape index (κ1) is 12.7. The maximum Gasteiger partial charge on any atom is 0.153 e. The fourth-order valence-electron chi connectivity index (χ4n) is 1.55. The predicted molar refractivity (Wildman–Crippen MR) is 61.4 cm³/mol. The summed E-state index contributed by atoms with van der Waals surface area (Å²) in [5.74, 6) is 0.477. The average molecular weight is 224 g/mol. The third-order valence-electron chi connectivity index (χ3n) is 2.40. The molecule has 3 heteroatoms. The SMILES string of the molecule is CCCC(C)COc1ccc(F)cc1C=O. The molecule has 0 aliphatic heterocycles. The van der Waals surface area contributed by atoms with E-state index < -0.39 is 5.82 Å². The van der Waals surface area contributed by atoms with E-state index in [9.17, 15) is 9.18 Å². The number of hydrogen-bond acceptors (Lipinski definition) is 2. The lowest BCUT2D eigenvalue weighted by molar-refractivity contribution is 0.111. The molecule has 0 aromatic heterocycles. The van der Waals surface area contributed by atoms with Crippen LogP contribution in [0.4, 0.5) is 4.39 Å². The highest BCUT2D eigenvalue weighted by atomic mass is 19.1. The number of hydrogen-bond donors (Lipinski definition) is 0. The molecule has 1 aromatic rings. The highest BCUT2D eigenvalue weighted by Gasteiger charge is 2.07. The molecule has 0 fully saturated rings. The molecule has 1 unspecified atom stereocenters. The normalized spacial score (nSPS) is 12.2. The van der Waals surface area contributed by atoms with Crippen LogP contribution in [-0.2, 0) is 0 Å². The summed E-state index contributed by atoms with van der Waals surface area (Å²) in [6, 6.07) is 3.98. The summed E-state index contributed by atoms with van der Waals surface area (Å²) in [6.07, 6.45) is 2.80. The van der Waals surface area contributed by atoms with E-state index in [0.717, 1.165) is 12.8 Å². The molecule has 0 N–H and O–H groups in total. The van der Waals surface area contributed by atoms with Gasteiger partial charge in [0.15, 0.2) is 6.29 Å². The van der Waals surface area contributed by atoms with E-state index in [4.69, 9.17) is 4.74 Å². The van der Waals surface area contributed by atoms with Gasteiger partial charge in [-0.1, -0.05) is 20.3 Å². The molecule has 88 valence electrons. The monoisotopic (exact) mass is 224 g/mol. The zero-order valence-corrected chi connectivity index (χ0v) is 9.70. The number of ether oxygens (including phenoxy) is 1. The third-order valence-corrected chi connectivity index (χ3v) is 2.40. The molecule has 16 heavy (non-hydrogen) atoms. The number of carbonyl (C=O) groups excluding carboxylic acids is 1. The van der Waals surface area contributed by atoms with Gasteiger partial charge in [0.1, 0.15) is 11.6 Å². The van der Waals surface area contributed by atoms with E-state index in [1.54, 1.807) is 0 Å². The molecule has 0 spiro atoms. The molecule has 0 bridgehead atoms. The van der Waals surface area contributed by atoms with Crippen LogP contribution in [0.15, 0.2) is 18.2 Å². The highest BCUT2D eigenvalue weighted by molar-refractivity contribution is 5.79. The summed E-state index contributed by atoms with van der Waals surface area (Å²) in [7, 11) is 0. The maximum absolute atomic E-state index is 12.8. The smallest absolute Gasteiger partial charge is 0.153 e. The predicted octanol–water partition coefficient (Wildman–Crippen LogP) is 3.45. The molecule has 0 heterocycles. The van der Waals surface area contributed by atoms with Crippen molar-refractivity contribution >= 4 is 6.29 Å². The Morgan fingerprint density at radius 3 is 2.88 bits per heavy atom. The van der Waals surface area contributed by atoms with E-state index in [1.165, 1.54) is 18.2 Å². The Labute approximate surface area is 95.4 Å². The zero-order chi connectivity index (χ0) is 12.0. The second-order valence-corrected chi connectivity index (χ2v) is 4.00. The summed E-state index contributed by atoms with van der Waals surface area (Å²) >= 11 is 0. The van der Waals surface area contributed by atoms with Crippen LogP contribution in [0, 0.1) is 11.7 Å². The second kappa shape index (κ2) is 6.26. The van der Waals surface area contributed by atoms with Crippen molar-refractivity contribution in [3.05, 3.63) is 29.6 Å². The van der Waals surface area contributed by atoms with Crippen molar-refractivity contribution in [1.29, 1.82) is 0 Å². The lowest BCUT2D eigenvalue weighted by Gasteiger charge is -2.13. The van der Waals surface area contributed by atoms with Gasteiger partial charge in [0.2, 0.25) is 0 Å². The van der Waals surface area contributed by atoms with Gasteiger partial charge in [0, 0.05) is 0 Å². The van der Waals surface area contributed by atoms with E-state index in [0.29, 0.717) is 24.6 Å². The molecule has 1 atom stereocenters. The van der Waals surface area contributed by atoms with Crippen molar-refractivity contribution in [1.82, 2.24) is 0 Å². The fraction of sp³-hybridized carbons (Fsp3) is 0.462. The Morgan fingerprint density at radius 1 is 1.50 bits per heavy atom. The van der Waals surface area contributed by atoms with Crippen molar-refractivity contribution in [2.24, 2.45) is 5.92 Å². The van der Waals surface area contributed by atoms with Gasteiger partial charge in [-0.15, -0.1) is 0 Å². The van der Waals surface area contributed by atoms with Crippen LogP contribution in [0.5, 0.6) is 5.75 Å². The Kier molecular flexibility index (Phi) is 4.96. The molecule has 1 aromatic carbocycles. The molecule has 0 saturated heterocycles. The van der Waals surface area contributed by atoms with Crippen LogP contribution in [0.2, 0.25) is 0 Å². The number of benzene rings is 1. The van der Waals surface area contributed by atoms with Crippen molar-refractivity contribution in [2.75, 3.05) is 6.61 Å². The fourth-order valence-corrected chi connectivity index (χ4v) is 1.55. The molecule has 1 rings (SSSR count). The number of halogens is 1. The summed E-state index contributed by atoms with van der Waals surface area (Å²) in [6.45, 7) is 4.76. The van der Waals surface area contributed by atoms with Crippen molar-refractivity contribution in [3.8, 4) is 5.75 Å². The molecular weight excluding hydrogens is 207 g/mol. The van der Waals surface area contributed by atoms with Crippen LogP contribution < -0.4 is 4.74 Å². The van der Waals surface area contributed by atoms with Gasteiger partial charge in [-0.2, -0.15) is 0 Å². The first-order valence-corrected chi connectivity index (χ1v) is 5.55. The van der Waals surface area contributed by atoms with Gasteiger partial charge >= 0.3 is 0 Å². The van der Waals surface area contributed by atoms with Gasteiger partial charge in [-0.05, 0) is 30.5 Å². The van der Waals surface area contributed by atoms with Crippen LogP contribution in [0.3, 0.4) is 0 Å². The molecule has 0 amide bonds. The standard InChI is InChI=1S/C13H17FO2/c1-3-4-10(2)9-16-13-6-5-12(14)7-11(13)8-15/h5-8,10H,3-4,9H2,1-2H3. The summed E-state index contributed by atoms with van der Waals surface area (Å²) < 4.78 is 18.3. The van der Waals surface area contributed by atoms with Gasteiger partial charge in [-0.3, -0.25) is 4.79 Å². The Balaban J connectivity index is 2.62. The molecule has 0 aliphatic rings. The molecular formula is C13H17FO2. The minimum Gasteiger partial charge on any atom is -0.493 e. The third kappa shape index (κ3) is 3.65. The molecule has 0 radical (unpaired) electrons. The van der Waals surface area contributed by atoms with E-state index in [1.807, 2.05) is 0 Å². The Bertz CT molecular complexity index is 350. The lowest BCUT2D eigenvalue weighted by Crippen LogP contribution is -2.09. The summed E-state index contributed by atoms with van der Waals surface area (Å²) in [4.78, 5) is 10.7. The molecule has 0 saturated carbocycles. The highest BCUT2D eigenvalue weighted by Crippen LogP contribution is 2.19. The molecule has 2 nitrogen and oxygen atoms in total. The quantitative estimate of drug-likeness (QED) is 0.692. The van der Waals surface area contributed by atoms with Crippen molar-refractivity contribution in [2.45, 2.75) is 26.7 Å². The first-order valence-electron chi connectivity index (χ1n) is 5.55. The van der Waals surface area contributed by atoms with Crippen LogP contribution in [-0.4, -0.2) is 12.9 Å². The van der Waals surface area contributed by atoms with Gasteiger partial charge in [0.05, 0.1) is 12.2 Å². The second-order valence-electron chi connectivity index (χ2n) is 4.00. The number of carbonyl (C=O) groups is 1. The number of rotatable bonds is 6. The van der Waals surface area contributed by atoms with E-state index in [-0.39, 0.29) is 5.56 Å². The van der Waals surface area contributed by atoms with Gasteiger partial charge < -0.3 is 4.74 Å². The zero-order valence-electron chi connectivity index (χ0n) is 9.70. The Hall–Kier alpha value is -1.38. The van der Waals surface area contributed by atoms with Crippen molar-refractivity contribution in [3.63, 3.8) is 0 Å². The first-order chi connectivity index (χ1) is 7.67. The lowest BCUT2D eigenvalue weighted by atomic mass is 10.1. The molecule has 0 aliphatic carbocycles. The van der Waals surface area contributed by atoms with Crippen LogP contribution in [0.25, 0.3) is 0 Å². The average Bonchev–Trinajstić information content (AvgIpc) is 2.27. The maximum atomic E-state index is 12.8. The number of aldehydes is 1. The summed E-state index contributed by atoms with van der Waals surface area (Å²) in [5.41, 5.74) is 0.267. The van der Waals surface area contributed by atoms with E-state index in [2.05, 4.69) is 13.8 Å². The minimum absolute atomic E-state index is 0.267. The van der Waals surface area contributed by atoms with E-state index >= 15 is 0 Å². The van der Waals surface area contributed by atoms with Gasteiger partial charge in [-0.25, -0.2) is 4.39 Å². The Morgan fingerprint density at radius 2 is 2.25 bits per heavy atom. The van der Waals surface area contributed by atoms with Crippen LogP contribution in [0.1, 0.15) is 37.0 Å². The largest absolute Gasteiger partial charge is 0.493 e. The van der Waals surface area contributed by atoms with Crippen molar-refractivity contribution < 1.29 is 13.9 Å².